The molecule has 0 aliphatic heterocycles. The first-order chi connectivity index (χ1) is 12.4. The van der Waals surface area contributed by atoms with Crippen LogP contribution >= 0.6 is 0 Å². The second-order valence-corrected chi connectivity index (χ2v) is 6.37. The number of aromatic nitrogens is 2. The average molecular weight is 359 g/mol. The fraction of sp³-hybridized carbons (Fsp3) is 0.500. The van der Waals surface area contributed by atoms with Crippen molar-refractivity contribution in [3.05, 3.63) is 40.7 Å². The Kier molecular flexibility index (Phi) is 6.66. The third kappa shape index (κ3) is 4.36. The second-order valence-electron chi connectivity index (χ2n) is 6.37. The molecule has 0 N–H and O–H groups in total. The Morgan fingerprint density at radius 3 is 2.42 bits per heavy atom. The van der Waals surface area contributed by atoms with E-state index >= 15 is 0 Å². The summed E-state index contributed by atoms with van der Waals surface area (Å²) < 4.78 is 12.5. The van der Waals surface area contributed by atoms with Gasteiger partial charge in [-0.15, -0.1) is 0 Å². The number of rotatable bonds is 8. The monoisotopic (exact) mass is 359 g/mol. The lowest BCUT2D eigenvalue weighted by molar-refractivity contribution is -0.131. The summed E-state index contributed by atoms with van der Waals surface area (Å²) in [6.07, 6.45) is 1.20. The van der Waals surface area contributed by atoms with E-state index < -0.39 is 0 Å². The molecule has 2 aromatic rings. The van der Waals surface area contributed by atoms with Crippen LogP contribution in [-0.2, 0) is 24.8 Å². The number of benzene rings is 1. The molecule has 1 heterocycles. The minimum absolute atomic E-state index is 0.143. The van der Waals surface area contributed by atoms with Gasteiger partial charge in [-0.2, -0.15) is 5.10 Å². The van der Waals surface area contributed by atoms with Crippen molar-refractivity contribution < 1.29 is 14.3 Å². The van der Waals surface area contributed by atoms with Crippen LogP contribution in [0.1, 0.15) is 35.9 Å². The summed E-state index contributed by atoms with van der Waals surface area (Å²) >= 11 is 0. The van der Waals surface area contributed by atoms with Gasteiger partial charge in [0.15, 0.2) is 11.5 Å². The zero-order chi connectivity index (χ0) is 19.3. The summed E-state index contributed by atoms with van der Waals surface area (Å²) in [7, 11) is 5.16. The summed E-state index contributed by atoms with van der Waals surface area (Å²) in [5, 5.41) is 4.42. The molecule has 0 atom stereocenters. The summed E-state index contributed by atoms with van der Waals surface area (Å²) in [4.78, 5) is 14.6. The number of hydrogen-bond acceptors (Lipinski definition) is 4. The van der Waals surface area contributed by atoms with Gasteiger partial charge in [-0.05, 0) is 50.5 Å². The third-order valence-electron chi connectivity index (χ3n) is 4.80. The quantitative estimate of drug-likeness (QED) is 0.727. The van der Waals surface area contributed by atoms with Crippen molar-refractivity contribution >= 4 is 5.91 Å². The van der Waals surface area contributed by atoms with Gasteiger partial charge in [0.2, 0.25) is 5.91 Å². The topological polar surface area (TPSA) is 56.6 Å². The normalized spacial score (nSPS) is 10.7. The molecule has 0 saturated heterocycles. The van der Waals surface area contributed by atoms with E-state index in [-0.39, 0.29) is 5.91 Å². The summed E-state index contributed by atoms with van der Waals surface area (Å²) in [5.74, 6) is 1.51. The first-order valence-corrected chi connectivity index (χ1v) is 8.89. The molecule has 0 fully saturated rings. The predicted octanol–water partition coefficient (Wildman–Crippen LogP) is 3.04. The number of amides is 1. The SMILES string of the molecule is CCN(Cc1ccc(OC)c(OC)c1)C(=O)CCc1c(C)nn(C)c1C. The lowest BCUT2D eigenvalue weighted by atomic mass is 10.1. The molecule has 1 aromatic carbocycles. The van der Waals surface area contributed by atoms with Crippen molar-refractivity contribution in [1.29, 1.82) is 0 Å². The lowest BCUT2D eigenvalue weighted by Crippen LogP contribution is -2.30. The predicted molar refractivity (Wildman–Crippen MR) is 102 cm³/mol. The highest BCUT2D eigenvalue weighted by atomic mass is 16.5. The molecule has 6 heteroatoms. The Hall–Kier alpha value is -2.50. The summed E-state index contributed by atoms with van der Waals surface area (Å²) in [6, 6.07) is 5.76. The molecule has 1 aromatic heterocycles. The number of hydrogen-bond donors (Lipinski definition) is 0. The van der Waals surface area contributed by atoms with Gasteiger partial charge in [0, 0.05) is 32.3 Å². The highest BCUT2D eigenvalue weighted by Crippen LogP contribution is 2.28. The molecule has 0 spiro atoms. The second kappa shape index (κ2) is 8.74. The Bertz CT molecular complexity index is 768. The van der Waals surface area contributed by atoms with Crippen LogP contribution < -0.4 is 9.47 Å². The van der Waals surface area contributed by atoms with Crippen LogP contribution in [0.15, 0.2) is 18.2 Å². The van der Waals surface area contributed by atoms with Crippen LogP contribution in [0.4, 0.5) is 0 Å². The molecular weight excluding hydrogens is 330 g/mol. The zero-order valence-corrected chi connectivity index (χ0v) is 16.6. The molecule has 26 heavy (non-hydrogen) atoms. The molecule has 0 saturated carbocycles. The van der Waals surface area contributed by atoms with Gasteiger partial charge < -0.3 is 14.4 Å². The number of ether oxygens (including phenoxy) is 2. The van der Waals surface area contributed by atoms with Crippen LogP contribution in [0.2, 0.25) is 0 Å². The van der Waals surface area contributed by atoms with Gasteiger partial charge in [-0.25, -0.2) is 0 Å². The maximum Gasteiger partial charge on any atom is 0.223 e. The first kappa shape index (κ1) is 19.8. The van der Waals surface area contributed by atoms with Gasteiger partial charge in [0.25, 0.3) is 0 Å². The van der Waals surface area contributed by atoms with Gasteiger partial charge >= 0.3 is 0 Å². The Morgan fingerprint density at radius 2 is 1.88 bits per heavy atom. The number of methoxy groups -OCH3 is 2. The standard InChI is InChI=1S/C20H29N3O3/c1-7-23(13-16-8-10-18(25-5)19(12-16)26-6)20(24)11-9-17-14(2)21-22(4)15(17)3/h8,10,12H,7,9,11,13H2,1-6H3. The highest BCUT2D eigenvalue weighted by Gasteiger charge is 2.16. The number of carbonyl (C=O) groups is 1. The molecular formula is C20H29N3O3. The molecule has 0 unspecified atom stereocenters. The van der Waals surface area contributed by atoms with Crippen LogP contribution in [-0.4, -0.2) is 41.4 Å². The minimum Gasteiger partial charge on any atom is -0.493 e. The van der Waals surface area contributed by atoms with E-state index in [4.69, 9.17) is 9.47 Å². The summed E-state index contributed by atoms with van der Waals surface area (Å²) in [5.41, 5.74) is 4.31. The van der Waals surface area contributed by atoms with Gasteiger partial charge in [-0.1, -0.05) is 6.07 Å². The van der Waals surface area contributed by atoms with Gasteiger partial charge in [-0.3, -0.25) is 9.48 Å². The average Bonchev–Trinajstić information content (AvgIpc) is 2.89. The largest absolute Gasteiger partial charge is 0.493 e. The van der Waals surface area contributed by atoms with Crippen molar-refractivity contribution in [2.75, 3.05) is 20.8 Å². The molecule has 142 valence electrons. The molecule has 0 radical (unpaired) electrons. The van der Waals surface area contributed by atoms with Gasteiger partial charge in [0.1, 0.15) is 0 Å². The molecule has 0 aliphatic rings. The zero-order valence-electron chi connectivity index (χ0n) is 16.6. The fourth-order valence-corrected chi connectivity index (χ4v) is 3.15. The Balaban J connectivity index is 2.04. The van der Waals surface area contributed by atoms with E-state index in [1.807, 2.05) is 55.6 Å². The van der Waals surface area contributed by atoms with Gasteiger partial charge in [0.05, 0.1) is 19.9 Å². The lowest BCUT2D eigenvalue weighted by Gasteiger charge is -2.22. The van der Waals surface area contributed by atoms with Crippen molar-refractivity contribution in [2.24, 2.45) is 7.05 Å². The molecule has 1 amide bonds. The number of nitrogens with zero attached hydrogens (tertiary/aromatic N) is 3. The molecule has 2 rings (SSSR count). The Labute approximate surface area is 155 Å². The minimum atomic E-state index is 0.143. The van der Waals surface area contributed by atoms with E-state index in [0.29, 0.717) is 37.4 Å². The smallest absolute Gasteiger partial charge is 0.223 e. The van der Waals surface area contributed by atoms with Crippen molar-refractivity contribution in [1.82, 2.24) is 14.7 Å². The fourth-order valence-electron chi connectivity index (χ4n) is 3.15. The molecule has 0 aliphatic carbocycles. The van der Waals surface area contributed by atoms with E-state index in [0.717, 1.165) is 17.0 Å². The van der Waals surface area contributed by atoms with Crippen LogP contribution in [0.3, 0.4) is 0 Å². The highest BCUT2D eigenvalue weighted by molar-refractivity contribution is 5.76. The van der Waals surface area contributed by atoms with Crippen LogP contribution in [0, 0.1) is 13.8 Å². The van der Waals surface area contributed by atoms with Crippen molar-refractivity contribution in [3.63, 3.8) is 0 Å². The van der Waals surface area contributed by atoms with E-state index in [1.165, 1.54) is 5.56 Å². The Morgan fingerprint density at radius 1 is 1.19 bits per heavy atom. The van der Waals surface area contributed by atoms with E-state index in [2.05, 4.69) is 5.10 Å². The molecule has 0 bridgehead atoms. The maximum absolute atomic E-state index is 12.7. The van der Waals surface area contributed by atoms with Crippen molar-refractivity contribution in [2.45, 2.75) is 40.2 Å². The van der Waals surface area contributed by atoms with E-state index in [1.54, 1.807) is 14.2 Å². The molecule has 6 nitrogen and oxygen atoms in total. The van der Waals surface area contributed by atoms with Crippen LogP contribution in [0.5, 0.6) is 11.5 Å². The van der Waals surface area contributed by atoms with Crippen LogP contribution in [0.25, 0.3) is 0 Å². The number of aryl methyl sites for hydroxylation is 2. The third-order valence-corrected chi connectivity index (χ3v) is 4.80. The first-order valence-electron chi connectivity index (χ1n) is 8.89. The van der Waals surface area contributed by atoms with E-state index in [9.17, 15) is 4.79 Å². The maximum atomic E-state index is 12.7. The summed E-state index contributed by atoms with van der Waals surface area (Å²) in [6.45, 7) is 7.26. The number of carbonyl (C=O) groups excluding carboxylic acids is 1. The van der Waals surface area contributed by atoms with Crippen molar-refractivity contribution in [3.8, 4) is 11.5 Å².